The Bertz CT molecular complexity index is 556. The number of fused-ring (bicyclic) bond motifs is 1. The Hall–Kier alpha value is -1.42. The number of hydrogen-bond donors (Lipinski definition) is 1. The highest BCUT2D eigenvalue weighted by atomic mass is 16.5. The Morgan fingerprint density at radius 3 is 2.62 bits per heavy atom. The van der Waals surface area contributed by atoms with E-state index in [0.717, 1.165) is 26.2 Å². The van der Waals surface area contributed by atoms with E-state index >= 15 is 0 Å². The fraction of sp³-hybridized carbons (Fsp3) is 0.444. The van der Waals surface area contributed by atoms with Crippen molar-refractivity contribution < 1.29 is 4.74 Å². The Kier molecular flexibility index (Phi) is 6.18. The third-order valence-corrected chi connectivity index (χ3v) is 3.80. The lowest BCUT2D eigenvalue weighted by atomic mass is 10.0. The van der Waals surface area contributed by atoms with Crippen LogP contribution in [0.25, 0.3) is 10.8 Å². The van der Waals surface area contributed by atoms with Crippen molar-refractivity contribution in [1.29, 1.82) is 0 Å². The topological polar surface area (TPSA) is 24.5 Å². The molecule has 3 nitrogen and oxygen atoms in total. The molecule has 0 heterocycles. The Balaban J connectivity index is 2.15. The number of methoxy groups -OCH3 is 1. The van der Waals surface area contributed by atoms with Gasteiger partial charge in [-0.2, -0.15) is 0 Å². The SMILES string of the molecule is CCNC(CN(C)CCOC)c1ccc2ccccc2c1. The Labute approximate surface area is 127 Å². The number of benzene rings is 2. The summed E-state index contributed by atoms with van der Waals surface area (Å²) in [5.41, 5.74) is 1.35. The summed E-state index contributed by atoms with van der Waals surface area (Å²) >= 11 is 0. The third-order valence-electron chi connectivity index (χ3n) is 3.80. The van der Waals surface area contributed by atoms with E-state index in [0.29, 0.717) is 6.04 Å². The van der Waals surface area contributed by atoms with Gasteiger partial charge < -0.3 is 15.0 Å². The molecule has 0 aromatic heterocycles. The van der Waals surface area contributed by atoms with E-state index in [1.807, 2.05) is 0 Å². The second kappa shape index (κ2) is 8.13. The molecule has 0 fully saturated rings. The van der Waals surface area contributed by atoms with Crippen molar-refractivity contribution in [3.63, 3.8) is 0 Å². The maximum Gasteiger partial charge on any atom is 0.0589 e. The molecule has 1 atom stereocenters. The zero-order valence-corrected chi connectivity index (χ0v) is 13.3. The van der Waals surface area contributed by atoms with Gasteiger partial charge in [-0.05, 0) is 36.0 Å². The third kappa shape index (κ3) is 4.53. The largest absolute Gasteiger partial charge is 0.383 e. The van der Waals surface area contributed by atoms with Crippen molar-refractivity contribution in [2.45, 2.75) is 13.0 Å². The van der Waals surface area contributed by atoms with Gasteiger partial charge in [-0.25, -0.2) is 0 Å². The summed E-state index contributed by atoms with van der Waals surface area (Å²) in [6.07, 6.45) is 0. The number of hydrogen-bond acceptors (Lipinski definition) is 3. The predicted molar refractivity (Wildman–Crippen MR) is 89.7 cm³/mol. The zero-order chi connectivity index (χ0) is 15.1. The predicted octanol–water partition coefficient (Wildman–Crippen LogP) is 3.07. The second-order valence-electron chi connectivity index (χ2n) is 5.47. The quantitative estimate of drug-likeness (QED) is 0.807. The van der Waals surface area contributed by atoms with E-state index in [4.69, 9.17) is 4.74 Å². The van der Waals surface area contributed by atoms with Crippen LogP contribution in [-0.2, 0) is 4.74 Å². The molecule has 0 saturated carbocycles. The normalized spacial score (nSPS) is 13.0. The molecule has 0 bridgehead atoms. The first-order valence-corrected chi connectivity index (χ1v) is 7.64. The average Bonchev–Trinajstić information content (AvgIpc) is 2.52. The first-order chi connectivity index (χ1) is 10.2. The van der Waals surface area contributed by atoms with Gasteiger partial charge in [0.25, 0.3) is 0 Å². The number of rotatable bonds is 8. The number of likely N-dealkylation sites (N-methyl/N-ethyl adjacent to an activating group) is 2. The lowest BCUT2D eigenvalue weighted by Gasteiger charge is -2.25. The lowest BCUT2D eigenvalue weighted by Crippen LogP contribution is -2.34. The highest BCUT2D eigenvalue weighted by Gasteiger charge is 2.13. The molecule has 114 valence electrons. The Morgan fingerprint density at radius 1 is 1.14 bits per heavy atom. The lowest BCUT2D eigenvalue weighted by molar-refractivity contribution is 0.155. The second-order valence-corrected chi connectivity index (χ2v) is 5.47. The van der Waals surface area contributed by atoms with Gasteiger partial charge in [0, 0.05) is 26.2 Å². The van der Waals surface area contributed by atoms with Crippen LogP contribution in [0, 0.1) is 0 Å². The molecule has 3 heteroatoms. The molecule has 0 aliphatic carbocycles. The molecule has 0 spiro atoms. The van der Waals surface area contributed by atoms with E-state index < -0.39 is 0 Å². The monoisotopic (exact) mass is 286 g/mol. The maximum atomic E-state index is 5.16. The minimum atomic E-state index is 0.349. The minimum absolute atomic E-state index is 0.349. The molecule has 2 aromatic carbocycles. The minimum Gasteiger partial charge on any atom is -0.383 e. The first-order valence-electron chi connectivity index (χ1n) is 7.64. The smallest absolute Gasteiger partial charge is 0.0589 e. The molecule has 2 rings (SSSR count). The standard InChI is InChI=1S/C18H26N2O/c1-4-19-18(14-20(2)11-12-21-3)17-10-9-15-7-5-6-8-16(15)13-17/h5-10,13,18-19H,4,11-12,14H2,1-3H3. The van der Waals surface area contributed by atoms with Gasteiger partial charge in [0.15, 0.2) is 0 Å². The summed E-state index contributed by atoms with van der Waals surface area (Å²) < 4.78 is 5.16. The molecular weight excluding hydrogens is 260 g/mol. The van der Waals surface area contributed by atoms with Crippen LogP contribution in [0.4, 0.5) is 0 Å². The van der Waals surface area contributed by atoms with Crippen LogP contribution in [0.2, 0.25) is 0 Å². The van der Waals surface area contributed by atoms with Crippen LogP contribution < -0.4 is 5.32 Å². The molecule has 0 radical (unpaired) electrons. The maximum absolute atomic E-state index is 5.16. The molecule has 1 unspecified atom stereocenters. The summed E-state index contributed by atoms with van der Waals surface area (Å²) in [6.45, 7) is 5.83. The highest BCUT2D eigenvalue weighted by molar-refractivity contribution is 5.83. The van der Waals surface area contributed by atoms with Gasteiger partial charge in [-0.15, -0.1) is 0 Å². The van der Waals surface area contributed by atoms with Crippen molar-refractivity contribution in [1.82, 2.24) is 10.2 Å². The van der Waals surface area contributed by atoms with Crippen molar-refractivity contribution in [3.8, 4) is 0 Å². The summed E-state index contributed by atoms with van der Waals surface area (Å²) in [7, 11) is 3.89. The zero-order valence-electron chi connectivity index (χ0n) is 13.3. The first kappa shape index (κ1) is 16.0. The van der Waals surface area contributed by atoms with E-state index in [1.165, 1.54) is 16.3 Å². The number of nitrogens with one attached hydrogen (secondary N) is 1. The van der Waals surface area contributed by atoms with Crippen LogP contribution in [0.5, 0.6) is 0 Å². The summed E-state index contributed by atoms with van der Waals surface area (Å²) in [5.74, 6) is 0. The summed E-state index contributed by atoms with van der Waals surface area (Å²) in [6, 6.07) is 15.6. The van der Waals surface area contributed by atoms with Gasteiger partial charge in [0.1, 0.15) is 0 Å². The van der Waals surface area contributed by atoms with Gasteiger partial charge in [0.2, 0.25) is 0 Å². The average molecular weight is 286 g/mol. The van der Waals surface area contributed by atoms with Gasteiger partial charge >= 0.3 is 0 Å². The van der Waals surface area contributed by atoms with E-state index in [2.05, 4.69) is 66.7 Å². The van der Waals surface area contributed by atoms with Crippen molar-refractivity contribution in [3.05, 3.63) is 48.0 Å². The van der Waals surface area contributed by atoms with E-state index in [1.54, 1.807) is 7.11 Å². The number of ether oxygens (including phenoxy) is 1. The summed E-state index contributed by atoms with van der Waals surface area (Å²) in [4.78, 5) is 2.31. The van der Waals surface area contributed by atoms with Crippen LogP contribution in [0.15, 0.2) is 42.5 Å². The van der Waals surface area contributed by atoms with Crippen LogP contribution >= 0.6 is 0 Å². The molecule has 1 N–H and O–H groups in total. The van der Waals surface area contributed by atoms with Crippen molar-refractivity contribution >= 4 is 10.8 Å². The number of nitrogens with zero attached hydrogens (tertiary/aromatic N) is 1. The fourth-order valence-corrected chi connectivity index (χ4v) is 2.61. The molecule has 0 amide bonds. The van der Waals surface area contributed by atoms with Crippen LogP contribution in [0.1, 0.15) is 18.5 Å². The molecule has 21 heavy (non-hydrogen) atoms. The van der Waals surface area contributed by atoms with Crippen molar-refractivity contribution in [2.24, 2.45) is 0 Å². The Morgan fingerprint density at radius 2 is 1.90 bits per heavy atom. The molecule has 0 aliphatic rings. The molecule has 0 aliphatic heterocycles. The fourth-order valence-electron chi connectivity index (χ4n) is 2.61. The van der Waals surface area contributed by atoms with Gasteiger partial charge in [0.05, 0.1) is 6.61 Å². The van der Waals surface area contributed by atoms with E-state index in [9.17, 15) is 0 Å². The molecular formula is C18H26N2O. The van der Waals surface area contributed by atoms with Crippen LogP contribution in [0.3, 0.4) is 0 Å². The summed E-state index contributed by atoms with van der Waals surface area (Å²) in [5, 5.41) is 6.19. The van der Waals surface area contributed by atoms with Crippen molar-refractivity contribution in [2.75, 3.05) is 40.4 Å². The molecule has 0 saturated heterocycles. The highest BCUT2D eigenvalue weighted by Crippen LogP contribution is 2.21. The van der Waals surface area contributed by atoms with Gasteiger partial charge in [-0.1, -0.05) is 43.3 Å². The molecule has 2 aromatic rings. The van der Waals surface area contributed by atoms with Crippen LogP contribution in [-0.4, -0.2) is 45.3 Å². The van der Waals surface area contributed by atoms with Gasteiger partial charge in [-0.3, -0.25) is 0 Å². The van der Waals surface area contributed by atoms with E-state index in [-0.39, 0.29) is 0 Å².